The van der Waals surface area contributed by atoms with Crippen molar-refractivity contribution < 1.29 is 26.3 Å². The summed E-state index contributed by atoms with van der Waals surface area (Å²) in [7, 11) is 0. The fourth-order valence-corrected chi connectivity index (χ4v) is 9.65. The summed E-state index contributed by atoms with van der Waals surface area (Å²) in [6.45, 7) is 4.07. The van der Waals surface area contributed by atoms with Gasteiger partial charge in [-0.2, -0.15) is 31.6 Å². The summed E-state index contributed by atoms with van der Waals surface area (Å²) in [5.41, 5.74) is 9.17. The quantitative estimate of drug-likeness (QED) is 0.153. The van der Waals surface area contributed by atoms with Crippen LogP contribution >= 0.6 is 0 Å². The van der Waals surface area contributed by atoms with E-state index in [4.69, 9.17) is 0 Å². The minimum atomic E-state index is -5.11. The molecule has 3 nitrogen and oxygen atoms in total. The van der Waals surface area contributed by atoms with Gasteiger partial charge in [-0.05, 0) is 120 Å². The largest absolute Gasteiger partial charge is 0.417 e. The van der Waals surface area contributed by atoms with Crippen molar-refractivity contribution in [3.63, 3.8) is 0 Å². The molecule has 0 N–H and O–H groups in total. The van der Waals surface area contributed by atoms with E-state index in [-0.39, 0.29) is 11.6 Å². The van der Waals surface area contributed by atoms with Crippen LogP contribution in [0.1, 0.15) is 27.8 Å². The molecule has 2 aromatic heterocycles. The molecule has 0 spiro atoms. The fourth-order valence-electron chi connectivity index (χ4n) is 9.65. The van der Waals surface area contributed by atoms with E-state index in [1.54, 1.807) is 30.3 Å². The molecule has 11 rings (SSSR count). The minimum absolute atomic E-state index is 0.0625. The first-order chi connectivity index (χ1) is 32.7. The van der Waals surface area contributed by atoms with Gasteiger partial charge in [0, 0.05) is 32.7 Å². The lowest BCUT2D eigenvalue weighted by atomic mass is 9.92. The zero-order valence-corrected chi connectivity index (χ0v) is 36.5. The summed E-state index contributed by atoms with van der Waals surface area (Å²) in [4.78, 5) is 0. The Hall–Kier alpha value is -8.35. The van der Waals surface area contributed by atoms with Crippen LogP contribution in [0.15, 0.2) is 188 Å². The maximum absolute atomic E-state index is 14.9. The Morgan fingerprint density at radius 2 is 0.868 bits per heavy atom. The number of fused-ring (bicyclic) bond motifs is 6. The number of alkyl halides is 6. The van der Waals surface area contributed by atoms with Gasteiger partial charge in [-0.3, -0.25) is 0 Å². The smallest absolute Gasteiger partial charge is 0.309 e. The molecule has 9 heteroatoms. The fraction of sp³-hybridized carbons (Fsp3) is 0.0678. The van der Waals surface area contributed by atoms with Crippen LogP contribution in [0.2, 0.25) is 0 Å². The van der Waals surface area contributed by atoms with E-state index < -0.39 is 29.0 Å². The second-order valence-electron chi connectivity index (χ2n) is 17.2. The Labute approximate surface area is 387 Å². The number of nitriles is 1. The first kappa shape index (κ1) is 42.3. The van der Waals surface area contributed by atoms with E-state index in [2.05, 4.69) is 81.9 Å². The van der Waals surface area contributed by atoms with Crippen molar-refractivity contribution in [1.29, 1.82) is 5.26 Å². The lowest BCUT2D eigenvalue weighted by Crippen LogP contribution is -2.12. The Kier molecular flexibility index (Phi) is 9.90. The molecule has 0 saturated heterocycles. The van der Waals surface area contributed by atoms with Gasteiger partial charge in [0.1, 0.15) is 0 Å². The molecule has 0 radical (unpaired) electrons. The summed E-state index contributed by atoms with van der Waals surface area (Å²) in [6, 6.07) is 59.1. The zero-order valence-electron chi connectivity index (χ0n) is 36.5. The van der Waals surface area contributed by atoms with Gasteiger partial charge in [0.25, 0.3) is 0 Å². The maximum atomic E-state index is 14.9. The van der Waals surface area contributed by atoms with Crippen molar-refractivity contribution in [2.45, 2.75) is 26.2 Å². The lowest BCUT2D eigenvalue weighted by molar-refractivity contribution is -0.142. The molecule has 9 aromatic carbocycles. The van der Waals surface area contributed by atoms with Crippen LogP contribution in [-0.2, 0) is 12.4 Å². The molecule has 0 unspecified atom stereocenters. The summed E-state index contributed by atoms with van der Waals surface area (Å²) in [5, 5.41) is 14.2. The maximum Gasteiger partial charge on any atom is 0.417 e. The topological polar surface area (TPSA) is 33.6 Å². The molecule has 0 atom stereocenters. The van der Waals surface area contributed by atoms with Gasteiger partial charge in [0.15, 0.2) is 0 Å². The molecule has 0 amide bonds. The SMILES string of the molecule is Cc1ccc(-c2ccc3c(c2)c2ccccc2n3-c2ccc(-c3ccc(C(F)(F)F)cc3C(F)(F)F)cc2-c2ccc(C#N)cc2-n2c3ccccc3c3cc(-c4ccc(C)cc4)ccc32)cc1. The van der Waals surface area contributed by atoms with Crippen molar-refractivity contribution in [3.05, 3.63) is 216 Å². The second kappa shape index (κ2) is 15.9. The molecule has 330 valence electrons. The van der Waals surface area contributed by atoms with E-state index in [0.717, 1.165) is 83.1 Å². The number of para-hydroxylation sites is 2. The summed E-state index contributed by atoms with van der Waals surface area (Å²) >= 11 is 0. The van der Waals surface area contributed by atoms with Crippen molar-refractivity contribution in [1.82, 2.24) is 9.13 Å². The van der Waals surface area contributed by atoms with E-state index in [1.807, 2.05) is 80.6 Å². The van der Waals surface area contributed by atoms with E-state index >= 15 is 0 Å². The molecule has 11 aromatic rings. The number of aryl methyl sites for hydroxylation is 2. The number of aromatic nitrogens is 2. The van der Waals surface area contributed by atoms with Gasteiger partial charge in [0.2, 0.25) is 0 Å². The van der Waals surface area contributed by atoms with Crippen molar-refractivity contribution in [2.75, 3.05) is 0 Å². The van der Waals surface area contributed by atoms with Crippen LogP contribution in [0.25, 0.3) is 99.5 Å². The van der Waals surface area contributed by atoms with Crippen LogP contribution in [-0.4, -0.2) is 9.13 Å². The first-order valence-corrected chi connectivity index (χ1v) is 21.9. The monoisotopic (exact) mass is 901 g/mol. The number of hydrogen-bond donors (Lipinski definition) is 0. The predicted molar refractivity (Wildman–Crippen MR) is 261 cm³/mol. The molecule has 0 bridgehead atoms. The highest BCUT2D eigenvalue weighted by atomic mass is 19.4. The average molecular weight is 902 g/mol. The van der Waals surface area contributed by atoms with Gasteiger partial charge in [0.05, 0.1) is 56.2 Å². The molecule has 0 aliphatic carbocycles. The van der Waals surface area contributed by atoms with Crippen molar-refractivity contribution in [2.24, 2.45) is 0 Å². The van der Waals surface area contributed by atoms with Gasteiger partial charge in [-0.1, -0.05) is 126 Å². The zero-order chi connectivity index (χ0) is 47.1. The Balaban J connectivity index is 1.22. The average Bonchev–Trinajstić information content (AvgIpc) is 3.85. The number of halogens is 6. The molecule has 0 aliphatic heterocycles. The normalized spacial score (nSPS) is 12.1. The van der Waals surface area contributed by atoms with E-state index in [1.165, 1.54) is 6.07 Å². The summed E-state index contributed by atoms with van der Waals surface area (Å²) < 4.78 is 90.9. The van der Waals surface area contributed by atoms with Crippen molar-refractivity contribution >= 4 is 43.6 Å². The van der Waals surface area contributed by atoms with Crippen molar-refractivity contribution in [3.8, 4) is 62.0 Å². The molecule has 68 heavy (non-hydrogen) atoms. The standard InChI is InChI=1S/C59H37F6N3/c1-35-11-16-38(17-12-35)40-20-26-54-48(30-40)45-7-3-5-9-52(45)67(54)55-28-22-42(44-25-23-43(58(60,61)62)33-51(44)59(63,64)65)32-50(55)47-24-15-37(34-66)29-57(47)68-53-10-6-4-8-46(53)49-31-41(21-27-56(49)68)39-18-13-36(2)14-19-39/h3-33H,1-2H3. The Morgan fingerprint density at radius 1 is 0.382 bits per heavy atom. The van der Waals surface area contributed by atoms with Crippen LogP contribution < -0.4 is 0 Å². The third-order valence-electron chi connectivity index (χ3n) is 13.0. The molecule has 2 heterocycles. The van der Waals surface area contributed by atoms with E-state index in [0.29, 0.717) is 34.1 Å². The molecule has 0 aliphatic rings. The molecule has 0 saturated carbocycles. The Morgan fingerprint density at radius 3 is 1.40 bits per heavy atom. The predicted octanol–water partition coefficient (Wildman–Crippen LogP) is 17.1. The molecular weight excluding hydrogens is 865 g/mol. The highest BCUT2D eigenvalue weighted by molar-refractivity contribution is 6.13. The second-order valence-corrected chi connectivity index (χ2v) is 17.2. The van der Waals surface area contributed by atoms with Gasteiger partial charge < -0.3 is 9.13 Å². The van der Waals surface area contributed by atoms with Crippen LogP contribution in [0.4, 0.5) is 26.3 Å². The summed E-state index contributed by atoms with van der Waals surface area (Å²) in [5.74, 6) is 0. The third kappa shape index (κ3) is 7.17. The summed E-state index contributed by atoms with van der Waals surface area (Å²) in [6.07, 6.45) is -10.1. The van der Waals surface area contributed by atoms with E-state index in [9.17, 15) is 31.6 Å². The number of nitrogens with zero attached hydrogens (tertiary/aromatic N) is 3. The number of hydrogen-bond acceptors (Lipinski definition) is 1. The van der Waals surface area contributed by atoms with Crippen LogP contribution in [0.5, 0.6) is 0 Å². The minimum Gasteiger partial charge on any atom is -0.309 e. The lowest BCUT2D eigenvalue weighted by Gasteiger charge is -2.21. The molecule has 0 fully saturated rings. The number of rotatable bonds is 6. The highest BCUT2D eigenvalue weighted by Crippen LogP contribution is 2.46. The third-order valence-corrected chi connectivity index (χ3v) is 13.0. The van der Waals surface area contributed by atoms with Gasteiger partial charge in [-0.25, -0.2) is 0 Å². The van der Waals surface area contributed by atoms with Gasteiger partial charge in [-0.15, -0.1) is 0 Å². The van der Waals surface area contributed by atoms with Gasteiger partial charge >= 0.3 is 12.4 Å². The number of benzene rings is 9. The first-order valence-electron chi connectivity index (χ1n) is 21.9. The Bertz CT molecular complexity index is 3840. The highest BCUT2D eigenvalue weighted by Gasteiger charge is 2.38. The molecular formula is C59H37F6N3. The van der Waals surface area contributed by atoms with Crippen LogP contribution in [0.3, 0.4) is 0 Å². The van der Waals surface area contributed by atoms with Crippen LogP contribution in [0, 0.1) is 25.2 Å².